The maximum absolute atomic E-state index is 13.6. The van der Waals surface area contributed by atoms with Crippen LogP contribution in [0.3, 0.4) is 0 Å². The molecule has 1 atom stereocenters. The molecule has 1 N–H and O–H groups in total. The number of carbonyl (C=O) groups excluding carboxylic acids is 1. The Morgan fingerprint density at radius 3 is 2.50 bits per heavy atom. The highest BCUT2D eigenvalue weighted by molar-refractivity contribution is 5.70. The number of carbonyl (C=O) groups is 1. The number of halogens is 2. The number of amides is 1. The summed E-state index contributed by atoms with van der Waals surface area (Å²) in [4.78, 5) is 10.8. The van der Waals surface area contributed by atoms with Gasteiger partial charge in [-0.2, -0.15) is 0 Å². The van der Waals surface area contributed by atoms with Crippen LogP contribution in [0.15, 0.2) is 12.1 Å². The Bertz CT molecular complexity index is 413. The van der Waals surface area contributed by atoms with Crippen LogP contribution in [0.4, 0.5) is 13.6 Å². The molecule has 1 amide bonds. The second kappa shape index (κ2) is 3.96. The highest BCUT2D eigenvalue weighted by Gasteiger charge is 2.29. The summed E-state index contributed by atoms with van der Waals surface area (Å²) in [5.41, 5.74) is -0.216. The van der Waals surface area contributed by atoms with Gasteiger partial charge in [-0.15, -0.1) is 0 Å². The van der Waals surface area contributed by atoms with Gasteiger partial charge < -0.3 is 14.8 Å². The molecule has 2 rings (SSSR count). The number of methoxy groups -OCH3 is 1. The largest absolute Gasteiger partial charge is 0.497 e. The van der Waals surface area contributed by atoms with Gasteiger partial charge in [0, 0.05) is 17.7 Å². The van der Waals surface area contributed by atoms with Gasteiger partial charge in [0.15, 0.2) is 0 Å². The molecular formula is C10H9F2NO3. The highest BCUT2D eigenvalue weighted by Crippen LogP contribution is 2.27. The van der Waals surface area contributed by atoms with Gasteiger partial charge >= 0.3 is 6.09 Å². The lowest BCUT2D eigenvalue weighted by molar-refractivity contribution is 0.176. The summed E-state index contributed by atoms with van der Waals surface area (Å²) >= 11 is 0. The van der Waals surface area contributed by atoms with Crippen molar-refractivity contribution >= 4 is 6.09 Å². The van der Waals surface area contributed by atoms with Crippen molar-refractivity contribution < 1.29 is 23.0 Å². The fourth-order valence-corrected chi connectivity index (χ4v) is 1.55. The van der Waals surface area contributed by atoms with E-state index in [1.165, 1.54) is 7.11 Å². The van der Waals surface area contributed by atoms with Crippen LogP contribution in [0, 0.1) is 11.6 Å². The molecule has 0 saturated carbocycles. The van der Waals surface area contributed by atoms with Crippen LogP contribution >= 0.6 is 0 Å². The van der Waals surface area contributed by atoms with Crippen LogP contribution in [0.5, 0.6) is 5.75 Å². The Balaban J connectivity index is 2.37. The predicted molar refractivity (Wildman–Crippen MR) is 50.1 cm³/mol. The molecule has 1 heterocycles. The summed E-state index contributed by atoms with van der Waals surface area (Å²) in [6, 6.07) is 1.32. The Labute approximate surface area is 90.2 Å². The van der Waals surface area contributed by atoms with Crippen molar-refractivity contribution in [2.24, 2.45) is 0 Å². The van der Waals surface area contributed by atoms with Gasteiger partial charge in [0.25, 0.3) is 0 Å². The van der Waals surface area contributed by atoms with Crippen LogP contribution in [0.25, 0.3) is 0 Å². The number of cyclic esters (lactones) is 1. The second-order valence-corrected chi connectivity index (χ2v) is 3.30. The molecule has 1 aromatic rings. The van der Waals surface area contributed by atoms with E-state index in [2.05, 4.69) is 10.1 Å². The zero-order valence-corrected chi connectivity index (χ0v) is 8.42. The van der Waals surface area contributed by atoms with E-state index in [1.807, 2.05) is 0 Å². The molecule has 0 bridgehead atoms. The molecule has 16 heavy (non-hydrogen) atoms. The Morgan fingerprint density at radius 1 is 1.44 bits per heavy atom. The van der Waals surface area contributed by atoms with Gasteiger partial charge in [-0.1, -0.05) is 0 Å². The Morgan fingerprint density at radius 2 is 2.06 bits per heavy atom. The molecule has 0 aromatic heterocycles. The lowest BCUT2D eigenvalue weighted by Crippen LogP contribution is -2.20. The zero-order chi connectivity index (χ0) is 11.7. The van der Waals surface area contributed by atoms with Gasteiger partial charge in [0.1, 0.15) is 24.0 Å². The summed E-state index contributed by atoms with van der Waals surface area (Å²) in [6.45, 7) is -0.0843. The smallest absolute Gasteiger partial charge is 0.407 e. The van der Waals surface area contributed by atoms with E-state index in [4.69, 9.17) is 4.74 Å². The first-order chi connectivity index (χ1) is 7.61. The van der Waals surface area contributed by atoms with Crippen LogP contribution in [-0.2, 0) is 4.74 Å². The maximum Gasteiger partial charge on any atom is 0.407 e. The predicted octanol–water partition coefficient (Wildman–Crippen LogP) is 1.75. The quantitative estimate of drug-likeness (QED) is 0.840. The van der Waals surface area contributed by atoms with Crippen LogP contribution in [-0.4, -0.2) is 19.8 Å². The molecule has 86 valence electrons. The molecule has 1 aromatic carbocycles. The van der Waals surface area contributed by atoms with Gasteiger partial charge in [0.05, 0.1) is 13.2 Å². The van der Waals surface area contributed by atoms with E-state index in [1.54, 1.807) is 0 Å². The number of hydrogen-bond donors (Lipinski definition) is 1. The first-order valence-electron chi connectivity index (χ1n) is 4.58. The van der Waals surface area contributed by atoms with Crippen LogP contribution in [0.2, 0.25) is 0 Å². The SMILES string of the molecule is COc1cc(F)c(C2COC(=O)N2)c(F)c1. The van der Waals surface area contributed by atoms with Gasteiger partial charge in [-0.05, 0) is 0 Å². The summed E-state index contributed by atoms with van der Waals surface area (Å²) in [5, 5.41) is 2.31. The van der Waals surface area contributed by atoms with E-state index in [9.17, 15) is 13.6 Å². The summed E-state index contributed by atoms with van der Waals surface area (Å²) in [5.74, 6) is -1.45. The summed E-state index contributed by atoms with van der Waals surface area (Å²) in [6.07, 6.45) is -0.681. The number of nitrogens with one attached hydrogen (secondary N) is 1. The Hall–Kier alpha value is -1.85. The molecule has 0 aliphatic carbocycles. The topological polar surface area (TPSA) is 47.6 Å². The molecule has 6 heteroatoms. The minimum Gasteiger partial charge on any atom is -0.497 e. The van der Waals surface area contributed by atoms with E-state index < -0.39 is 23.8 Å². The highest BCUT2D eigenvalue weighted by atomic mass is 19.1. The van der Waals surface area contributed by atoms with Gasteiger partial charge in [0.2, 0.25) is 0 Å². The first-order valence-corrected chi connectivity index (χ1v) is 4.58. The molecule has 1 aliphatic rings. The lowest BCUT2D eigenvalue weighted by atomic mass is 10.1. The third-order valence-corrected chi connectivity index (χ3v) is 2.31. The van der Waals surface area contributed by atoms with E-state index in [-0.39, 0.29) is 17.9 Å². The minimum atomic E-state index is -0.793. The van der Waals surface area contributed by atoms with E-state index in [0.717, 1.165) is 12.1 Å². The van der Waals surface area contributed by atoms with Crippen molar-refractivity contribution in [3.8, 4) is 5.75 Å². The molecule has 0 radical (unpaired) electrons. The number of ether oxygens (including phenoxy) is 2. The molecule has 4 nitrogen and oxygen atoms in total. The lowest BCUT2D eigenvalue weighted by Gasteiger charge is -2.11. The van der Waals surface area contributed by atoms with Gasteiger partial charge in [-0.25, -0.2) is 13.6 Å². The third-order valence-electron chi connectivity index (χ3n) is 2.31. The number of rotatable bonds is 2. The van der Waals surface area contributed by atoms with Crippen molar-refractivity contribution in [3.63, 3.8) is 0 Å². The second-order valence-electron chi connectivity index (χ2n) is 3.30. The normalized spacial score (nSPS) is 19.2. The van der Waals surface area contributed by atoms with Crippen LogP contribution < -0.4 is 10.1 Å². The van der Waals surface area contributed by atoms with Crippen molar-refractivity contribution in [1.29, 1.82) is 0 Å². The van der Waals surface area contributed by atoms with Crippen LogP contribution in [0.1, 0.15) is 11.6 Å². The summed E-state index contributed by atoms with van der Waals surface area (Å²) < 4.78 is 36.4. The summed E-state index contributed by atoms with van der Waals surface area (Å²) in [7, 11) is 1.31. The molecule has 1 fully saturated rings. The van der Waals surface area contributed by atoms with E-state index >= 15 is 0 Å². The molecule has 1 saturated heterocycles. The van der Waals surface area contributed by atoms with Crippen molar-refractivity contribution in [3.05, 3.63) is 29.3 Å². The fourth-order valence-electron chi connectivity index (χ4n) is 1.55. The molecule has 1 unspecified atom stereocenters. The van der Waals surface area contributed by atoms with Gasteiger partial charge in [-0.3, -0.25) is 0 Å². The first kappa shape index (κ1) is 10.7. The minimum absolute atomic E-state index is 0.0843. The average molecular weight is 229 g/mol. The number of hydrogen-bond acceptors (Lipinski definition) is 3. The fraction of sp³-hybridized carbons (Fsp3) is 0.300. The molecular weight excluding hydrogens is 220 g/mol. The standard InChI is InChI=1S/C10H9F2NO3/c1-15-5-2-6(11)9(7(12)3-5)8-4-16-10(14)13-8/h2-3,8H,4H2,1H3,(H,13,14). The Kier molecular flexibility index (Phi) is 2.64. The van der Waals surface area contributed by atoms with E-state index in [0.29, 0.717) is 0 Å². The number of alkyl carbamates (subject to hydrolysis) is 1. The molecule has 0 spiro atoms. The van der Waals surface area contributed by atoms with Crippen molar-refractivity contribution in [2.75, 3.05) is 13.7 Å². The maximum atomic E-state index is 13.6. The van der Waals surface area contributed by atoms with Crippen molar-refractivity contribution in [1.82, 2.24) is 5.32 Å². The number of benzene rings is 1. The third kappa shape index (κ3) is 1.78. The zero-order valence-electron chi connectivity index (χ0n) is 8.42. The average Bonchev–Trinajstić information content (AvgIpc) is 2.63. The van der Waals surface area contributed by atoms with Crippen molar-refractivity contribution in [2.45, 2.75) is 6.04 Å². The molecule has 1 aliphatic heterocycles. The monoisotopic (exact) mass is 229 g/mol.